The van der Waals surface area contributed by atoms with Crippen LogP contribution in [0.15, 0.2) is 42.5 Å². The molecular weight excluding hydrogens is 383 g/mol. The van der Waals surface area contributed by atoms with Crippen LogP contribution in [-0.2, 0) is 16.1 Å². The topological polar surface area (TPSA) is 76.7 Å². The number of nitrogens with one attached hydrogen (secondary N) is 2. The van der Waals surface area contributed by atoms with Gasteiger partial charge in [0, 0.05) is 18.3 Å². The summed E-state index contributed by atoms with van der Waals surface area (Å²) in [5.74, 6) is 0.590. The number of halogens is 1. The van der Waals surface area contributed by atoms with Crippen molar-refractivity contribution in [2.24, 2.45) is 0 Å². The number of carbonyl (C=O) groups excluding carboxylic acids is 2. The standard InChI is InChI=1S/C20H23FN2O4S/c1-13(28-12-19(24)23-16-6-4-15(21)5-7-16)20(25)22-11-14-8-17(26-2)10-18(9-14)27-3/h4-10,13H,11-12H2,1-3H3,(H,22,25)(H,23,24). The molecule has 1 atom stereocenters. The molecule has 0 saturated heterocycles. The summed E-state index contributed by atoms with van der Waals surface area (Å²) in [6.45, 7) is 2.05. The number of methoxy groups -OCH3 is 2. The minimum absolute atomic E-state index is 0.110. The lowest BCUT2D eigenvalue weighted by Gasteiger charge is -2.13. The molecular formula is C20H23FN2O4S. The summed E-state index contributed by atoms with van der Waals surface area (Å²) in [5, 5.41) is 5.09. The minimum Gasteiger partial charge on any atom is -0.497 e. The van der Waals surface area contributed by atoms with Crippen molar-refractivity contribution < 1.29 is 23.5 Å². The monoisotopic (exact) mass is 406 g/mol. The number of benzene rings is 2. The van der Waals surface area contributed by atoms with Gasteiger partial charge in [-0.2, -0.15) is 0 Å². The van der Waals surface area contributed by atoms with E-state index in [0.29, 0.717) is 23.7 Å². The first kappa shape index (κ1) is 21.6. The highest BCUT2D eigenvalue weighted by molar-refractivity contribution is 8.01. The number of thioether (sulfide) groups is 1. The third kappa shape index (κ3) is 6.77. The fourth-order valence-electron chi connectivity index (χ4n) is 2.31. The maximum atomic E-state index is 12.9. The van der Waals surface area contributed by atoms with Gasteiger partial charge in [-0.15, -0.1) is 11.8 Å². The van der Waals surface area contributed by atoms with Crippen molar-refractivity contribution in [2.45, 2.75) is 18.7 Å². The molecule has 0 saturated carbocycles. The van der Waals surface area contributed by atoms with E-state index in [9.17, 15) is 14.0 Å². The van der Waals surface area contributed by atoms with E-state index in [1.165, 1.54) is 36.0 Å². The molecule has 0 aliphatic heterocycles. The normalized spacial score (nSPS) is 11.4. The van der Waals surface area contributed by atoms with Crippen LogP contribution in [0, 0.1) is 5.82 Å². The van der Waals surface area contributed by atoms with Crippen LogP contribution in [0.4, 0.5) is 10.1 Å². The summed E-state index contributed by atoms with van der Waals surface area (Å²) in [4.78, 5) is 24.2. The number of ether oxygens (including phenoxy) is 2. The van der Waals surface area contributed by atoms with Crippen molar-refractivity contribution in [1.29, 1.82) is 0 Å². The Hall–Kier alpha value is -2.74. The van der Waals surface area contributed by atoms with Gasteiger partial charge < -0.3 is 20.1 Å². The third-order valence-electron chi connectivity index (χ3n) is 3.84. The van der Waals surface area contributed by atoms with E-state index in [0.717, 1.165) is 5.56 Å². The van der Waals surface area contributed by atoms with Crippen LogP contribution in [0.5, 0.6) is 11.5 Å². The molecule has 2 aromatic carbocycles. The molecule has 0 aromatic heterocycles. The maximum Gasteiger partial charge on any atom is 0.234 e. The van der Waals surface area contributed by atoms with Gasteiger partial charge in [0.25, 0.3) is 0 Å². The highest BCUT2D eigenvalue weighted by Crippen LogP contribution is 2.22. The molecule has 2 N–H and O–H groups in total. The molecule has 2 amide bonds. The molecule has 2 rings (SSSR count). The van der Waals surface area contributed by atoms with E-state index in [4.69, 9.17) is 9.47 Å². The second kappa shape index (κ2) is 10.6. The quantitative estimate of drug-likeness (QED) is 0.669. The smallest absolute Gasteiger partial charge is 0.234 e. The van der Waals surface area contributed by atoms with Gasteiger partial charge in [0.15, 0.2) is 0 Å². The van der Waals surface area contributed by atoms with E-state index in [1.54, 1.807) is 27.2 Å². The van der Waals surface area contributed by atoms with Crippen molar-refractivity contribution in [3.63, 3.8) is 0 Å². The largest absolute Gasteiger partial charge is 0.497 e. The molecule has 150 valence electrons. The molecule has 0 heterocycles. The molecule has 0 aliphatic carbocycles. The average Bonchev–Trinajstić information content (AvgIpc) is 2.71. The molecule has 2 aromatic rings. The summed E-state index contributed by atoms with van der Waals surface area (Å²) < 4.78 is 23.3. The third-order valence-corrected chi connectivity index (χ3v) is 4.98. The number of hydrogen-bond acceptors (Lipinski definition) is 5. The van der Waals surface area contributed by atoms with Crippen molar-refractivity contribution in [1.82, 2.24) is 5.32 Å². The summed E-state index contributed by atoms with van der Waals surface area (Å²) >= 11 is 1.22. The first-order valence-corrected chi connectivity index (χ1v) is 9.63. The number of rotatable bonds is 9. The van der Waals surface area contributed by atoms with Crippen LogP contribution < -0.4 is 20.1 Å². The zero-order chi connectivity index (χ0) is 20.5. The van der Waals surface area contributed by atoms with Crippen LogP contribution >= 0.6 is 11.8 Å². The summed E-state index contributed by atoms with van der Waals surface area (Å²) in [6.07, 6.45) is 0. The van der Waals surface area contributed by atoms with E-state index < -0.39 is 5.25 Å². The fraction of sp³-hybridized carbons (Fsp3) is 0.300. The summed E-state index contributed by atoms with van der Waals surface area (Å²) in [7, 11) is 3.12. The zero-order valence-corrected chi connectivity index (χ0v) is 16.8. The van der Waals surface area contributed by atoms with E-state index in [2.05, 4.69) is 10.6 Å². The molecule has 28 heavy (non-hydrogen) atoms. The lowest BCUT2D eigenvalue weighted by molar-refractivity contribution is -0.120. The van der Waals surface area contributed by atoms with Gasteiger partial charge in [-0.25, -0.2) is 4.39 Å². The van der Waals surface area contributed by atoms with Crippen molar-refractivity contribution in [3.05, 3.63) is 53.8 Å². The van der Waals surface area contributed by atoms with E-state index in [-0.39, 0.29) is 23.4 Å². The second-order valence-corrected chi connectivity index (χ2v) is 7.28. The van der Waals surface area contributed by atoms with Crippen LogP contribution in [-0.4, -0.2) is 37.0 Å². The van der Waals surface area contributed by atoms with Crippen LogP contribution in [0.3, 0.4) is 0 Å². The Morgan fingerprint density at radius 3 is 2.25 bits per heavy atom. The number of carbonyl (C=O) groups is 2. The lowest BCUT2D eigenvalue weighted by atomic mass is 10.2. The highest BCUT2D eigenvalue weighted by atomic mass is 32.2. The fourth-order valence-corrected chi connectivity index (χ4v) is 3.02. The SMILES string of the molecule is COc1cc(CNC(=O)C(C)SCC(=O)Nc2ccc(F)cc2)cc(OC)c1. The summed E-state index contributed by atoms with van der Waals surface area (Å²) in [6, 6.07) is 10.9. The Labute approximate surface area is 167 Å². The van der Waals surface area contributed by atoms with Gasteiger partial charge in [0.05, 0.1) is 25.2 Å². The Kier molecular flexibility index (Phi) is 8.13. The molecule has 0 radical (unpaired) electrons. The first-order valence-electron chi connectivity index (χ1n) is 8.58. The molecule has 0 fully saturated rings. The minimum atomic E-state index is -0.411. The molecule has 0 aliphatic rings. The zero-order valence-electron chi connectivity index (χ0n) is 16.0. The van der Waals surface area contributed by atoms with Crippen molar-refractivity contribution in [3.8, 4) is 11.5 Å². The average molecular weight is 406 g/mol. The number of hydrogen-bond donors (Lipinski definition) is 2. The molecule has 6 nitrogen and oxygen atoms in total. The predicted molar refractivity (Wildman–Crippen MR) is 108 cm³/mol. The molecule has 1 unspecified atom stereocenters. The van der Waals surface area contributed by atoms with Gasteiger partial charge in [0.1, 0.15) is 17.3 Å². The predicted octanol–water partition coefficient (Wildman–Crippen LogP) is 3.22. The number of anilines is 1. The highest BCUT2D eigenvalue weighted by Gasteiger charge is 2.15. The molecule has 0 spiro atoms. The molecule has 0 bridgehead atoms. The van der Waals surface area contributed by atoms with Crippen LogP contribution in [0.1, 0.15) is 12.5 Å². The van der Waals surface area contributed by atoms with Crippen molar-refractivity contribution >= 4 is 29.3 Å². The van der Waals surface area contributed by atoms with Gasteiger partial charge >= 0.3 is 0 Å². The first-order chi connectivity index (χ1) is 13.4. The van der Waals surface area contributed by atoms with Gasteiger partial charge in [-0.05, 0) is 48.9 Å². The van der Waals surface area contributed by atoms with Crippen LogP contribution in [0.25, 0.3) is 0 Å². The van der Waals surface area contributed by atoms with Gasteiger partial charge in [0.2, 0.25) is 11.8 Å². The van der Waals surface area contributed by atoms with E-state index in [1.807, 2.05) is 12.1 Å². The maximum absolute atomic E-state index is 12.9. The summed E-state index contributed by atoms with van der Waals surface area (Å²) in [5.41, 5.74) is 1.35. The Bertz CT molecular complexity index is 792. The van der Waals surface area contributed by atoms with Crippen LogP contribution in [0.2, 0.25) is 0 Å². The lowest BCUT2D eigenvalue weighted by Crippen LogP contribution is -2.31. The van der Waals surface area contributed by atoms with Crippen molar-refractivity contribution in [2.75, 3.05) is 25.3 Å². The van der Waals surface area contributed by atoms with Gasteiger partial charge in [-0.3, -0.25) is 9.59 Å². The molecule has 8 heteroatoms. The Balaban J connectivity index is 1.79. The second-order valence-electron chi connectivity index (χ2n) is 5.95. The number of amides is 2. The van der Waals surface area contributed by atoms with E-state index >= 15 is 0 Å². The Morgan fingerprint density at radius 1 is 1.07 bits per heavy atom. The van der Waals surface area contributed by atoms with Gasteiger partial charge in [-0.1, -0.05) is 0 Å². The Morgan fingerprint density at radius 2 is 1.68 bits per heavy atom.